The Bertz CT molecular complexity index is 1320. The summed E-state index contributed by atoms with van der Waals surface area (Å²) in [5.74, 6) is -0.712. The summed E-state index contributed by atoms with van der Waals surface area (Å²) >= 11 is 0. The highest BCUT2D eigenvalue weighted by molar-refractivity contribution is 5.99. The molecule has 0 radical (unpaired) electrons. The predicted octanol–water partition coefficient (Wildman–Crippen LogP) is 2.76. The third-order valence-electron chi connectivity index (χ3n) is 5.75. The molecule has 1 amide bonds. The Kier molecular flexibility index (Phi) is 5.37. The molecule has 0 unspecified atom stereocenters. The van der Waals surface area contributed by atoms with Gasteiger partial charge in [0.05, 0.1) is 24.1 Å². The molecule has 4 heterocycles. The van der Waals surface area contributed by atoms with Crippen LogP contribution in [0.2, 0.25) is 0 Å². The number of imidazole rings is 1. The molecular weight excluding hydrogens is 432 g/mol. The van der Waals surface area contributed by atoms with Gasteiger partial charge in [-0.25, -0.2) is 23.3 Å². The van der Waals surface area contributed by atoms with Gasteiger partial charge in [-0.1, -0.05) is 0 Å². The molecule has 33 heavy (non-hydrogen) atoms. The van der Waals surface area contributed by atoms with Crippen molar-refractivity contribution < 1.29 is 18.8 Å². The van der Waals surface area contributed by atoms with Gasteiger partial charge in [-0.15, -0.1) is 0 Å². The number of amides is 1. The van der Waals surface area contributed by atoms with Gasteiger partial charge < -0.3 is 15.4 Å². The minimum absolute atomic E-state index is 0.297. The predicted molar refractivity (Wildman–Crippen MR) is 114 cm³/mol. The lowest BCUT2D eigenvalue weighted by molar-refractivity contribution is 0.0955. The zero-order chi connectivity index (χ0) is 22.9. The number of fused-ring (bicyclic) bond motifs is 1. The van der Waals surface area contributed by atoms with Gasteiger partial charge in [-0.3, -0.25) is 4.79 Å². The van der Waals surface area contributed by atoms with Crippen molar-refractivity contribution in [3.05, 3.63) is 77.6 Å². The van der Waals surface area contributed by atoms with Crippen LogP contribution in [0.3, 0.4) is 0 Å². The zero-order valence-electron chi connectivity index (χ0n) is 17.5. The van der Waals surface area contributed by atoms with Gasteiger partial charge in [0, 0.05) is 31.3 Å². The number of nitrogens with zero attached hydrogens (tertiary/aromatic N) is 6. The number of carbonyl (C=O) groups is 1. The number of anilines is 1. The molecule has 1 atom stereocenters. The van der Waals surface area contributed by atoms with Gasteiger partial charge in [0.25, 0.3) is 5.91 Å². The third kappa shape index (κ3) is 4.09. The first-order chi connectivity index (χ1) is 16.0. The number of hydrogen-bond acceptors (Lipinski definition) is 6. The van der Waals surface area contributed by atoms with E-state index < -0.39 is 11.6 Å². The van der Waals surface area contributed by atoms with Crippen LogP contribution in [0.1, 0.15) is 40.5 Å². The molecule has 0 aliphatic carbocycles. The number of halogens is 2. The number of benzene rings is 1. The summed E-state index contributed by atoms with van der Waals surface area (Å²) in [4.78, 5) is 23.3. The Morgan fingerprint density at radius 1 is 1.27 bits per heavy atom. The maximum absolute atomic E-state index is 14.4. The molecular formula is C22H21F2N7O2. The van der Waals surface area contributed by atoms with Crippen LogP contribution < -0.4 is 10.2 Å². The highest BCUT2D eigenvalue weighted by Crippen LogP contribution is 2.36. The van der Waals surface area contributed by atoms with Crippen molar-refractivity contribution >= 4 is 17.4 Å². The Hall–Kier alpha value is -4.02. The summed E-state index contributed by atoms with van der Waals surface area (Å²) in [5.41, 5.74) is 1.61. The first-order valence-corrected chi connectivity index (χ1v) is 10.6. The normalized spacial score (nSPS) is 15.9. The second kappa shape index (κ2) is 8.49. The number of hydrogen-bond donors (Lipinski definition) is 2. The molecule has 3 aromatic heterocycles. The number of aromatic nitrogens is 5. The van der Waals surface area contributed by atoms with Crippen LogP contribution in [0.25, 0.3) is 5.65 Å². The van der Waals surface area contributed by atoms with Crippen molar-refractivity contribution in [2.45, 2.75) is 25.3 Å². The number of nitrogens with one attached hydrogen (secondary N) is 1. The maximum Gasteiger partial charge on any atom is 0.256 e. The standard InChI is InChI=1S/C22H21F2N7O2/c23-14-3-4-18(24)16(10-14)19-2-1-8-30(19)20-6-9-31-21(28-20)17(11-27-31)22(32)25-7-5-15-12-29(33)13-26-15/h3-4,6,9-13,19,33H,1-2,5,7-8H2,(H,25,32)/t19-/m1/s1. The first kappa shape index (κ1) is 20.9. The Balaban J connectivity index is 1.37. The van der Waals surface area contributed by atoms with Gasteiger partial charge in [-0.05, 0) is 37.1 Å². The minimum Gasteiger partial charge on any atom is -0.427 e. The fourth-order valence-electron chi connectivity index (χ4n) is 4.19. The fraction of sp³-hybridized carbons (Fsp3) is 0.273. The van der Waals surface area contributed by atoms with E-state index in [1.807, 2.05) is 4.90 Å². The largest absolute Gasteiger partial charge is 0.427 e. The monoisotopic (exact) mass is 453 g/mol. The molecule has 1 aliphatic rings. The van der Waals surface area contributed by atoms with Crippen LogP contribution in [0, 0.1) is 11.6 Å². The summed E-state index contributed by atoms with van der Waals surface area (Å²) in [6.07, 6.45) is 7.80. The van der Waals surface area contributed by atoms with Crippen LogP contribution in [0.4, 0.5) is 14.6 Å². The minimum atomic E-state index is -0.484. The fourth-order valence-corrected chi connectivity index (χ4v) is 4.19. The average Bonchev–Trinajstić information content (AvgIpc) is 3.54. The summed E-state index contributed by atoms with van der Waals surface area (Å²) in [6.45, 7) is 0.955. The van der Waals surface area contributed by atoms with Crippen molar-refractivity contribution in [3.8, 4) is 0 Å². The molecule has 1 saturated heterocycles. The van der Waals surface area contributed by atoms with E-state index in [1.54, 1.807) is 12.3 Å². The molecule has 0 bridgehead atoms. The highest BCUT2D eigenvalue weighted by Gasteiger charge is 2.30. The quantitative estimate of drug-likeness (QED) is 0.436. The molecule has 9 nitrogen and oxygen atoms in total. The Labute approximate surface area is 187 Å². The Morgan fingerprint density at radius 2 is 2.15 bits per heavy atom. The van der Waals surface area contributed by atoms with E-state index in [4.69, 9.17) is 0 Å². The van der Waals surface area contributed by atoms with Crippen LogP contribution in [0.5, 0.6) is 0 Å². The van der Waals surface area contributed by atoms with E-state index in [0.717, 1.165) is 23.3 Å². The third-order valence-corrected chi connectivity index (χ3v) is 5.75. The van der Waals surface area contributed by atoms with Gasteiger partial charge >= 0.3 is 0 Å². The van der Waals surface area contributed by atoms with Crippen molar-refractivity contribution in [2.75, 3.05) is 18.0 Å². The van der Waals surface area contributed by atoms with E-state index >= 15 is 0 Å². The van der Waals surface area contributed by atoms with Gasteiger partial charge in [0.15, 0.2) is 5.65 Å². The summed E-state index contributed by atoms with van der Waals surface area (Å²) in [5, 5.41) is 16.3. The average molecular weight is 453 g/mol. The van der Waals surface area contributed by atoms with Crippen LogP contribution in [0.15, 0.2) is 49.2 Å². The summed E-state index contributed by atoms with van der Waals surface area (Å²) in [7, 11) is 0. The number of carbonyl (C=O) groups excluding carboxylic acids is 1. The van der Waals surface area contributed by atoms with Crippen molar-refractivity contribution in [2.24, 2.45) is 0 Å². The van der Waals surface area contributed by atoms with Crippen LogP contribution in [-0.2, 0) is 6.42 Å². The molecule has 1 fully saturated rings. The Morgan fingerprint density at radius 3 is 2.97 bits per heavy atom. The second-order valence-corrected chi connectivity index (χ2v) is 7.88. The van der Waals surface area contributed by atoms with Crippen molar-refractivity contribution in [3.63, 3.8) is 0 Å². The summed E-state index contributed by atoms with van der Waals surface area (Å²) in [6, 6.07) is 4.88. The topological polar surface area (TPSA) is 101 Å². The van der Waals surface area contributed by atoms with E-state index in [-0.39, 0.29) is 11.9 Å². The second-order valence-electron chi connectivity index (χ2n) is 7.88. The lowest BCUT2D eigenvalue weighted by Crippen LogP contribution is -2.26. The SMILES string of the molecule is O=C(NCCc1cn(O)cn1)c1cnn2ccc(N3CCC[C@@H]3c3cc(F)ccc3F)nc12. The molecule has 4 aromatic rings. The highest BCUT2D eigenvalue weighted by atomic mass is 19.1. The van der Waals surface area contributed by atoms with E-state index in [1.165, 1.54) is 29.3 Å². The maximum atomic E-state index is 14.4. The molecule has 2 N–H and O–H groups in total. The zero-order valence-corrected chi connectivity index (χ0v) is 17.5. The van der Waals surface area contributed by atoms with E-state index in [0.29, 0.717) is 54.2 Å². The molecule has 1 aromatic carbocycles. The van der Waals surface area contributed by atoms with Gasteiger partial charge in [0.2, 0.25) is 0 Å². The molecule has 1 aliphatic heterocycles. The van der Waals surface area contributed by atoms with Crippen molar-refractivity contribution in [1.82, 2.24) is 29.6 Å². The van der Waals surface area contributed by atoms with E-state index in [2.05, 4.69) is 20.4 Å². The van der Waals surface area contributed by atoms with Crippen LogP contribution in [-0.4, -0.2) is 48.5 Å². The number of rotatable bonds is 6. The molecule has 170 valence electrons. The summed E-state index contributed by atoms with van der Waals surface area (Å²) < 4.78 is 30.6. The van der Waals surface area contributed by atoms with Crippen LogP contribution >= 0.6 is 0 Å². The molecule has 0 saturated carbocycles. The lowest BCUT2D eigenvalue weighted by atomic mass is 10.0. The molecule has 0 spiro atoms. The van der Waals surface area contributed by atoms with E-state index in [9.17, 15) is 18.8 Å². The molecule has 11 heteroatoms. The van der Waals surface area contributed by atoms with Gasteiger partial charge in [-0.2, -0.15) is 9.83 Å². The first-order valence-electron chi connectivity index (χ1n) is 10.6. The lowest BCUT2D eigenvalue weighted by Gasteiger charge is -2.26. The smallest absolute Gasteiger partial charge is 0.256 e. The van der Waals surface area contributed by atoms with Crippen molar-refractivity contribution in [1.29, 1.82) is 0 Å². The van der Waals surface area contributed by atoms with Gasteiger partial charge in [0.1, 0.15) is 29.3 Å². The molecule has 5 rings (SSSR count).